The molecular weight excluding hydrogens is 383 g/mol. The maximum atomic E-state index is 13.9. The lowest BCUT2D eigenvalue weighted by Crippen LogP contribution is -2.30. The summed E-state index contributed by atoms with van der Waals surface area (Å²) in [6, 6.07) is 14.9. The van der Waals surface area contributed by atoms with E-state index in [1.54, 1.807) is 12.1 Å². The molecule has 2 atom stereocenters. The Hall–Kier alpha value is -2.73. The van der Waals surface area contributed by atoms with Crippen LogP contribution in [0, 0.1) is 19.7 Å². The van der Waals surface area contributed by atoms with E-state index >= 15 is 0 Å². The molecule has 1 aliphatic heterocycles. The van der Waals surface area contributed by atoms with Crippen LogP contribution in [0.3, 0.4) is 0 Å². The first-order valence-corrected chi connectivity index (χ1v) is 10.3. The van der Waals surface area contributed by atoms with E-state index in [4.69, 9.17) is 12.2 Å². The average Bonchev–Trinajstić information content (AvgIpc) is 3.18. The molecule has 1 aromatic carbocycles. The summed E-state index contributed by atoms with van der Waals surface area (Å²) in [5.41, 5.74) is 5.14. The molecule has 0 bridgehead atoms. The van der Waals surface area contributed by atoms with Crippen LogP contribution in [0.4, 0.5) is 4.39 Å². The summed E-state index contributed by atoms with van der Waals surface area (Å²) in [6.45, 7) is 7.17. The van der Waals surface area contributed by atoms with Crippen molar-refractivity contribution in [2.45, 2.75) is 39.3 Å². The monoisotopic (exact) mass is 408 g/mol. The number of aromatic nitrogens is 2. The zero-order valence-corrected chi connectivity index (χ0v) is 17.7. The lowest BCUT2D eigenvalue weighted by atomic mass is 9.96. The third-order valence-electron chi connectivity index (χ3n) is 5.52. The van der Waals surface area contributed by atoms with Crippen LogP contribution in [0.5, 0.6) is 0 Å². The average molecular weight is 409 g/mol. The van der Waals surface area contributed by atoms with Gasteiger partial charge in [-0.25, -0.2) is 4.39 Å². The van der Waals surface area contributed by atoms with Crippen LogP contribution in [0.15, 0.2) is 54.7 Å². The molecule has 2 unspecified atom stereocenters. The van der Waals surface area contributed by atoms with E-state index in [9.17, 15) is 4.39 Å². The Kier molecular flexibility index (Phi) is 5.37. The Bertz CT molecular complexity index is 1030. The predicted octanol–water partition coefficient (Wildman–Crippen LogP) is 5.01. The number of hydrogen-bond acceptors (Lipinski definition) is 2. The van der Waals surface area contributed by atoms with Gasteiger partial charge in [-0.2, -0.15) is 0 Å². The minimum Gasteiger partial charge on any atom is -0.352 e. The van der Waals surface area contributed by atoms with Gasteiger partial charge >= 0.3 is 0 Å². The van der Waals surface area contributed by atoms with Crippen LogP contribution in [0.25, 0.3) is 5.69 Å². The molecule has 1 saturated heterocycles. The number of nitrogens with one attached hydrogen (secondary N) is 1. The van der Waals surface area contributed by atoms with Crippen molar-refractivity contribution in [1.82, 2.24) is 19.8 Å². The van der Waals surface area contributed by atoms with E-state index < -0.39 is 0 Å². The fraction of sp³-hybridized carbons (Fsp3) is 0.304. The smallest absolute Gasteiger partial charge is 0.170 e. The number of aryl methyl sites for hydroxylation is 1. The van der Waals surface area contributed by atoms with Gasteiger partial charge in [0.1, 0.15) is 5.82 Å². The summed E-state index contributed by atoms with van der Waals surface area (Å²) < 4.78 is 16.0. The van der Waals surface area contributed by atoms with E-state index in [0.717, 1.165) is 40.8 Å². The van der Waals surface area contributed by atoms with Crippen molar-refractivity contribution in [3.05, 3.63) is 83.2 Å². The zero-order valence-electron chi connectivity index (χ0n) is 16.9. The van der Waals surface area contributed by atoms with Gasteiger partial charge < -0.3 is 14.8 Å². The number of pyridine rings is 1. The summed E-state index contributed by atoms with van der Waals surface area (Å²) in [7, 11) is 0. The van der Waals surface area contributed by atoms with Gasteiger partial charge in [0.25, 0.3) is 0 Å². The van der Waals surface area contributed by atoms with Gasteiger partial charge in [-0.15, -0.1) is 0 Å². The summed E-state index contributed by atoms with van der Waals surface area (Å²) in [5.74, 6) is -0.237. The third-order valence-corrected chi connectivity index (χ3v) is 5.87. The Morgan fingerprint density at radius 2 is 1.97 bits per heavy atom. The van der Waals surface area contributed by atoms with Crippen LogP contribution in [0.2, 0.25) is 0 Å². The largest absolute Gasteiger partial charge is 0.352 e. The van der Waals surface area contributed by atoms with Crippen molar-refractivity contribution in [2.75, 3.05) is 6.54 Å². The van der Waals surface area contributed by atoms with Crippen molar-refractivity contribution >= 4 is 17.3 Å². The summed E-state index contributed by atoms with van der Waals surface area (Å²) in [6.07, 6.45) is 2.81. The molecule has 0 radical (unpaired) electrons. The highest BCUT2D eigenvalue weighted by atomic mass is 32.1. The Morgan fingerprint density at radius 3 is 2.66 bits per heavy atom. The molecule has 3 aromatic rings. The molecule has 1 N–H and O–H groups in total. The molecule has 29 heavy (non-hydrogen) atoms. The van der Waals surface area contributed by atoms with E-state index in [-0.39, 0.29) is 17.9 Å². The quantitative estimate of drug-likeness (QED) is 0.602. The van der Waals surface area contributed by atoms with Gasteiger partial charge in [0.05, 0.1) is 17.8 Å². The molecule has 1 aliphatic rings. The molecule has 1 fully saturated rings. The first kappa shape index (κ1) is 19.6. The standard InChI is InChI=1S/C23H25FN4S/c1-4-12-27-22(21(26-23(27)29)20-10-5-6-11-25-20)19-13-15(2)28(16(19)3)18-9-7-8-17(24)14-18/h5-11,13-14,21-22H,4,12H2,1-3H3,(H,26,29). The number of benzene rings is 1. The number of nitrogens with zero attached hydrogens (tertiary/aromatic N) is 3. The summed E-state index contributed by atoms with van der Waals surface area (Å²) >= 11 is 5.68. The van der Waals surface area contributed by atoms with Crippen LogP contribution >= 0.6 is 12.2 Å². The summed E-state index contributed by atoms with van der Waals surface area (Å²) in [5, 5.41) is 4.24. The highest BCUT2D eigenvalue weighted by Crippen LogP contribution is 2.41. The Labute approximate surface area is 176 Å². The van der Waals surface area contributed by atoms with Crippen molar-refractivity contribution in [1.29, 1.82) is 0 Å². The second-order valence-corrected chi connectivity index (χ2v) is 7.85. The van der Waals surface area contributed by atoms with Crippen molar-refractivity contribution < 1.29 is 4.39 Å². The molecule has 0 spiro atoms. The normalized spacial score (nSPS) is 18.9. The van der Waals surface area contributed by atoms with Crippen LogP contribution in [0.1, 0.15) is 48.1 Å². The second-order valence-electron chi connectivity index (χ2n) is 7.46. The first-order valence-electron chi connectivity index (χ1n) is 9.94. The van der Waals surface area contributed by atoms with Crippen molar-refractivity contribution in [2.24, 2.45) is 0 Å². The van der Waals surface area contributed by atoms with Crippen molar-refractivity contribution in [3.8, 4) is 5.69 Å². The van der Waals surface area contributed by atoms with Crippen LogP contribution in [-0.4, -0.2) is 26.1 Å². The molecule has 6 heteroatoms. The molecule has 2 aromatic heterocycles. The van der Waals surface area contributed by atoms with Gasteiger partial charge in [0, 0.05) is 29.8 Å². The number of hydrogen-bond donors (Lipinski definition) is 1. The lowest BCUT2D eigenvalue weighted by Gasteiger charge is -2.27. The Balaban J connectivity index is 1.84. The maximum Gasteiger partial charge on any atom is 0.170 e. The molecule has 3 heterocycles. The van der Waals surface area contributed by atoms with E-state index in [1.165, 1.54) is 11.6 Å². The maximum absolute atomic E-state index is 13.9. The fourth-order valence-electron chi connectivity index (χ4n) is 4.33. The van der Waals surface area contributed by atoms with Crippen molar-refractivity contribution in [3.63, 3.8) is 0 Å². The van der Waals surface area contributed by atoms with Crippen LogP contribution in [-0.2, 0) is 0 Å². The molecule has 4 rings (SSSR count). The molecule has 4 nitrogen and oxygen atoms in total. The second kappa shape index (κ2) is 7.95. The topological polar surface area (TPSA) is 33.1 Å². The SMILES string of the molecule is CCCN1C(=S)NC(c2ccccn2)C1c1cc(C)n(-c2cccc(F)c2)c1C. The highest BCUT2D eigenvalue weighted by Gasteiger charge is 2.40. The number of halogens is 1. The first-order chi connectivity index (χ1) is 14.0. The Morgan fingerprint density at radius 1 is 1.14 bits per heavy atom. The lowest BCUT2D eigenvalue weighted by molar-refractivity contribution is 0.316. The predicted molar refractivity (Wildman–Crippen MR) is 118 cm³/mol. The third kappa shape index (κ3) is 3.53. The van der Waals surface area contributed by atoms with Gasteiger partial charge in [-0.1, -0.05) is 19.1 Å². The zero-order chi connectivity index (χ0) is 20.5. The molecule has 0 aliphatic carbocycles. The van der Waals surface area contributed by atoms with Crippen LogP contribution < -0.4 is 5.32 Å². The van der Waals surface area contributed by atoms with E-state index in [2.05, 4.69) is 46.6 Å². The highest BCUT2D eigenvalue weighted by molar-refractivity contribution is 7.80. The van der Waals surface area contributed by atoms with E-state index in [1.807, 2.05) is 30.5 Å². The number of thiocarbonyl (C=S) groups is 1. The molecule has 0 amide bonds. The minimum absolute atomic E-state index is 0.0308. The fourth-order valence-corrected chi connectivity index (χ4v) is 4.66. The van der Waals surface area contributed by atoms with Gasteiger partial charge in [0.15, 0.2) is 5.11 Å². The van der Waals surface area contributed by atoms with Gasteiger partial charge in [0.2, 0.25) is 0 Å². The molecular formula is C23H25FN4S. The minimum atomic E-state index is -0.237. The molecule has 150 valence electrons. The van der Waals surface area contributed by atoms with Gasteiger partial charge in [-0.05, 0) is 74.4 Å². The molecule has 0 saturated carbocycles. The van der Waals surface area contributed by atoms with E-state index in [0.29, 0.717) is 0 Å². The van der Waals surface area contributed by atoms with Gasteiger partial charge in [-0.3, -0.25) is 4.98 Å². The summed E-state index contributed by atoms with van der Waals surface area (Å²) in [4.78, 5) is 6.85. The number of rotatable bonds is 5.